The van der Waals surface area contributed by atoms with Crippen molar-refractivity contribution in [1.82, 2.24) is 9.80 Å². The molecule has 0 N–H and O–H groups in total. The summed E-state index contributed by atoms with van der Waals surface area (Å²) >= 11 is 0. The number of fused-ring (bicyclic) bond motifs is 1. The predicted octanol–water partition coefficient (Wildman–Crippen LogP) is 2.40. The minimum atomic E-state index is -1.18. The molecule has 1 heterocycles. The third kappa shape index (κ3) is 4.22. The Morgan fingerprint density at radius 2 is 1.70 bits per heavy atom. The molecule has 2 aromatic rings. The van der Waals surface area contributed by atoms with E-state index in [9.17, 15) is 23.6 Å². The maximum absolute atomic E-state index is 13.3. The van der Waals surface area contributed by atoms with Gasteiger partial charge in [-0.15, -0.1) is 0 Å². The highest BCUT2D eigenvalue weighted by Crippen LogP contribution is 2.24. The van der Waals surface area contributed by atoms with E-state index < -0.39 is 42.2 Å². The molecular formula is C22H21FN2O5. The van der Waals surface area contributed by atoms with Crippen molar-refractivity contribution < 1.29 is 28.3 Å². The number of esters is 1. The van der Waals surface area contributed by atoms with Gasteiger partial charge in [0.15, 0.2) is 6.61 Å². The van der Waals surface area contributed by atoms with Crippen molar-refractivity contribution in [2.45, 2.75) is 26.4 Å². The molecule has 1 atom stereocenters. The van der Waals surface area contributed by atoms with Crippen LogP contribution in [0.2, 0.25) is 0 Å². The Morgan fingerprint density at radius 1 is 1.07 bits per heavy atom. The lowest BCUT2D eigenvalue weighted by Crippen LogP contribution is -2.44. The third-order valence-corrected chi connectivity index (χ3v) is 4.89. The number of nitrogens with zero attached hydrogens (tertiary/aromatic N) is 2. The quantitative estimate of drug-likeness (QED) is 0.515. The van der Waals surface area contributed by atoms with Crippen LogP contribution >= 0.6 is 0 Å². The van der Waals surface area contributed by atoms with Gasteiger partial charge in [0.05, 0.1) is 11.1 Å². The summed E-state index contributed by atoms with van der Waals surface area (Å²) in [5.41, 5.74) is 1.06. The van der Waals surface area contributed by atoms with E-state index in [-0.39, 0.29) is 17.7 Å². The van der Waals surface area contributed by atoms with E-state index in [4.69, 9.17) is 4.74 Å². The average molecular weight is 412 g/mol. The van der Waals surface area contributed by atoms with Crippen LogP contribution in [-0.2, 0) is 20.9 Å². The summed E-state index contributed by atoms with van der Waals surface area (Å²) in [6.07, 6.45) is 0. The Morgan fingerprint density at radius 3 is 2.27 bits per heavy atom. The van der Waals surface area contributed by atoms with Crippen molar-refractivity contribution >= 4 is 23.7 Å². The van der Waals surface area contributed by atoms with Crippen LogP contribution < -0.4 is 0 Å². The molecule has 0 aliphatic carbocycles. The van der Waals surface area contributed by atoms with Crippen LogP contribution in [0.3, 0.4) is 0 Å². The highest BCUT2D eigenvalue weighted by molar-refractivity contribution is 6.22. The Kier molecular flexibility index (Phi) is 6.25. The molecule has 3 amide bonds. The van der Waals surface area contributed by atoms with Gasteiger partial charge in [0.1, 0.15) is 11.9 Å². The maximum Gasteiger partial charge on any atom is 0.329 e. The van der Waals surface area contributed by atoms with Crippen molar-refractivity contribution in [3.8, 4) is 0 Å². The number of benzene rings is 2. The number of carbonyl (C=O) groups is 4. The topological polar surface area (TPSA) is 84.0 Å². The lowest BCUT2D eigenvalue weighted by atomic mass is 10.1. The molecule has 8 heteroatoms. The van der Waals surface area contributed by atoms with Gasteiger partial charge in [0.2, 0.25) is 0 Å². The standard InChI is InChI=1S/C22H21FN2O5/c1-3-24(12-15-7-6-8-16(23)11-15)19(26)13-30-22(29)14(2)25-20(27)17-9-4-5-10-18(17)21(25)28/h4-11,14H,3,12-13H2,1-2H3. The second kappa shape index (κ2) is 8.86. The van der Waals surface area contributed by atoms with Crippen LogP contribution in [0.1, 0.15) is 40.1 Å². The molecule has 0 aromatic heterocycles. The van der Waals surface area contributed by atoms with Crippen molar-refractivity contribution in [2.24, 2.45) is 0 Å². The van der Waals surface area contributed by atoms with E-state index in [1.807, 2.05) is 0 Å². The molecule has 0 fully saturated rings. The number of rotatable bonds is 7. The van der Waals surface area contributed by atoms with E-state index in [1.54, 1.807) is 31.2 Å². The number of ether oxygens (including phenoxy) is 1. The third-order valence-electron chi connectivity index (χ3n) is 4.89. The van der Waals surface area contributed by atoms with Crippen LogP contribution in [-0.4, -0.2) is 52.7 Å². The Labute approximate surface area is 173 Å². The molecule has 1 aliphatic heterocycles. The van der Waals surface area contributed by atoms with Gasteiger partial charge in [-0.25, -0.2) is 9.18 Å². The summed E-state index contributed by atoms with van der Waals surface area (Å²) in [6.45, 7) is 3.08. The second-order valence-electron chi connectivity index (χ2n) is 6.85. The van der Waals surface area contributed by atoms with E-state index >= 15 is 0 Å². The van der Waals surface area contributed by atoms with E-state index in [0.29, 0.717) is 12.1 Å². The zero-order chi connectivity index (χ0) is 21.8. The molecule has 1 unspecified atom stereocenters. The molecule has 0 saturated carbocycles. The minimum absolute atomic E-state index is 0.165. The van der Waals surface area contributed by atoms with Gasteiger partial charge in [-0.2, -0.15) is 0 Å². The first-order chi connectivity index (χ1) is 14.3. The molecule has 0 saturated heterocycles. The Bertz CT molecular complexity index is 972. The predicted molar refractivity (Wildman–Crippen MR) is 105 cm³/mol. The number of imide groups is 1. The molecule has 1 aliphatic rings. The van der Waals surface area contributed by atoms with Crippen LogP contribution in [0.25, 0.3) is 0 Å². The molecule has 3 rings (SSSR count). The fraction of sp³-hybridized carbons (Fsp3) is 0.273. The highest BCUT2D eigenvalue weighted by atomic mass is 19.1. The average Bonchev–Trinajstić information content (AvgIpc) is 3.00. The van der Waals surface area contributed by atoms with Gasteiger partial charge < -0.3 is 9.64 Å². The zero-order valence-corrected chi connectivity index (χ0v) is 16.6. The molecule has 0 radical (unpaired) electrons. The normalized spacial score (nSPS) is 13.8. The molecule has 30 heavy (non-hydrogen) atoms. The molecular weight excluding hydrogens is 391 g/mol. The van der Waals surface area contributed by atoms with Crippen molar-refractivity contribution in [3.05, 3.63) is 71.0 Å². The summed E-state index contributed by atoms with van der Waals surface area (Å²) in [6, 6.07) is 11.0. The van der Waals surface area contributed by atoms with Gasteiger partial charge in [-0.3, -0.25) is 19.3 Å². The van der Waals surface area contributed by atoms with E-state index in [1.165, 1.54) is 36.1 Å². The van der Waals surface area contributed by atoms with Gasteiger partial charge in [-0.05, 0) is 43.7 Å². The number of carbonyl (C=O) groups excluding carboxylic acids is 4. The van der Waals surface area contributed by atoms with Gasteiger partial charge in [0, 0.05) is 13.1 Å². The van der Waals surface area contributed by atoms with Crippen molar-refractivity contribution in [1.29, 1.82) is 0 Å². The van der Waals surface area contributed by atoms with E-state index in [0.717, 1.165) is 4.90 Å². The summed E-state index contributed by atoms with van der Waals surface area (Å²) < 4.78 is 18.4. The van der Waals surface area contributed by atoms with Gasteiger partial charge in [-0.1, -0.05) is 24.3 Å². The van der Waals surface area contributed by atoms with Crippen molar-refractivity contribution in [3.63, 3.8) is 0 Å². The summed E-state index contributed by atoms with van der Waals surface area (Å²) in [7, 11) is 0. The van der Waals surface area contributed by atoms with Crippen LogP contribution in [0.15, 0.2) is 48.5 Å². The van der Waals surface area contributed by atoms with Crippen LogP contribution in [0, 0.1) is 5.82 Å². The van der Waals surface area contributed by atoms with Crippen LogP contribution in [0.5, 0.6) is 0 Å². The first-order valence-electron chi connectivity index (χ1n) is 9.49. The monoisotopic (exact) mass is 412 g/mol. The zero-order valence-electron chi connectivity index (χ0n) is 16.6. The van der Waals surface area contributed by atoms with E-state index in [2.05, 4.69) is 0 Å². The lowest BCUT2D eigenvalue weighted by Gasteiger charge is -2.23. The summed E-state index contributed by atoms with van der Waals surface area (Å²) in [5, 5.41) is 0. The number of hydrogen-bond acceptors (Lipinski definition) is 5. The fourth-order valence-electron chi connectivity index (χ4n) is 3.24. The van der Waals surface area contributed by atoms with Gasteiger partial charge >= 0.3 is 5.97 Å². The summed E-state index contributed by atoms with van der Waals surface area (Å²) in [4.78, 5) is 52.0. The molecule has 7 nitrogen and oxygen atoms in total. The van der Waals surface area contributed by atoms with Gasteiger partial charge in [0.25, 0.3) is 17.7 Å². The number of halogens is 1. The molecule has 156 valence electrons. The number of likely N-dealkylation sites (N-methyl/N-ethyl adjacent to an activating group) is 1. The van der Waals surface area contributed by atoms with Crippen molar-refractivity contribution in [2.75, 3.05) is 13.2 Å². The second-order valence-corrected chi connectivity index (χ2v) is 6.85. The minimum Gasteiger partial charge on any atom is -0.454 e. The first-order valence-corrected chi connectivity index (χ1v) is 9.49. The maximum atomic E-state index is 13.3. The summed E-state index contributed by atoms with van der Waals surface area (Å²) in [5.74, 6) is -2.89. The van der Waals surface area contributed by atoms with Crippen LogP contribution in [0.4, 0.5) is 4.39 Å². The fourth-order valence-corrected chi connectivity index (χ4v) is 3.24. The first kappa shape index (κ1) is 21.2. The smallest absolute Gasteiger partial charge is 0.329 e. The molecule has 0 bridgehead atoms. The Balaban J connectivity index is 1.60. The molecule has 0 spiro atoms. The molecule has 2 aromatic carbocycles. The lowest BCUT2D eigenvalue weighted by molar-refractivity contribution is -0.155. The number of amides is 3. The number of hydrogen-bond donors (Lipinski definition) is 0. The SMILES string of the molecule is CCN(Cc1cccc(F)c1)C(=O)COC(=O)C(C)N1C(=O)c2ccccc2C1=O. The largest absolute Gasteiger partial charge is 0.454 e. The highest BCUT2D eigenvalue weighted by Gasteiger charge is 2.41. The Hall–Kier alpha value is -3.55.